The lowest BCUT2D eigenvalue weighted by Crippen LogP contribution is -2.26. The number of carbonyl (C=O) groups is 2. The van der Waals surface area contributed by atoms with Crippen molar-refractivity contribution in [1.82, 2.24) is 0 Å². The van der Waals surface area contributed by atoms with Crippen LogP contribution in [0.2, 0.25) is 0 Å². The molecule has 2 amide bonds. The largest absolute Gasteiger partial charge is 0.483 e. The Morgan fingerprint density at radius 3 is 2.48 bits per heavy atom. The number of rotatable bonds is 6. The third-order valence-corrected chi connectivity index (χ3v) is 4.83. The minimum absolute atomic E-state index is 0.120. The molecule has 0 atom stereocenters. The van der Waals surface area contributed by atoms with E-state index in [-0.39, 0.29) is 18.4 Å². The quantitative estimate of drug-likeness (QED) is 0.568. The van der Waals surface area contributed by atoms with Crippen molar-refractivity contribution in [2.45, 2.75) is 6.92 Å². The van der Waals surface area contributed by atoms with Crippen molar-refractivity contribution in [2.75, 3.05) is 23.9 Å². The fourth-order valence-corrected chi connectivity index (χ4v) is 3.28. The standard InChI is InChI=1S/C23H21BrN2O3/c1-16-13-18(24)11-12-21(16)29-15-22(27)25-19-8-6-7-17(14-19)23(28)26(2)20-9-4-3-5-10-20/h3-14H,15H2,1-2H3,(H,25,27). The number of hydrogen-bond acceptors (Lipinski definition) is 3. The van der Waals surface area contributed by atoms with Crippen molar-refractivity contribution in [3.05, 3.63) is 88.4 Å². The lowest BCUT2D eigenvalue weighted by molar-refractivity contribution is -0.118. The molecule has 0 aliphatic rings. The van der Waals surface area contributed by atoms with Gasteiger partial charge in [0.05, 0.1) is 0 Å². The van der Waals surface area contributed by atoms with Gasteiger partial charge in [0, 0.05) is 28.5 Å². The number of halogens is 1. The van der Waals surface area contributed by atoms with Crippen LogP contribution in [0.4, 0.5) is 11.4 Å². The Morgan fingerprint density at radius 2 is 1.76 bits per heavy atom. The maximum atomic E-state index is 12.7. The first-order chi connectivity index (χ1) is 13.9. The molecule has 0 aromatic heterocycles. The summed E-state index contributed by atoms with van der Waals surface area (Å²) in [5.74, 6) is 0.194. The minimum Gasteiger partial charge on any atom is -0.483 e. The molecule has 0 unspecified atom stereocenters. The molecule has 0 spiro atoms. The maximum absolute atomic E-state index is 12.7. The topological polar surface area (TPSA) is 58.6 Å². The van der Waals surface area contributed by atoms with Crippen LogP contribution in [-0.2, 0) is 4.79 Å². The predicted octanol–water partition coefficient (Wildman–Crippen LogP) is 5.05. The fraction of sp³-hybridized carbons (Fsp3) is 0.130. The van der Waals surface area contributed by atoms with Gasteiger partial charge in [-0.25, -0.2) is 0 Å². The number of para-hydroxylation sites is 1. The average molecular weight is 453 g/mol. The number of benzene rings is 3. The second-order valence-corrected chi connectivity index (χ2v) is 7.44. The minimum atomic E-state index is -0.298. The number of ether oxygens (including phenoxy) is 1. The summed E-state index contributed by atoms with van der Waals surface area (Å²) in [5, 5.41) is 2.77. The molecule has 148 valence electrons. The zero-order valence-electron chi connectivity index (χ0n) is 16.2. The van der Waals surface area contributed by atoms with Gasteiger partial charge >= 0.3 is 0 Å². The van der Waals surface area contributed by atoms with Crippen molar-refractivity contribution in [2.24, 2.45) is 0 Å². The van der Waals surface area contributed by atoms with E-state index >= 15 is 0 Å². The van der Waals surface area contributed by atoms with E-state index in [1.54, 1.807) is 36.2 Å². The normalized spacial score (nSPS) is 10.3. The molecular weight excluding hydrogens is 432 g/mol. The summed E-state index contributed by atoms with van der Waals surface area (Å²) < 4.78 is 6.54. The molecule has 5 nitrogen and oxygen atoms in total. The molecular formula is C23H21BrN2O3. The average Bonchev–Trinajstić information content (AvgIpc) is 2.73. The molecule has 0 fully saturated rings. The van der Waals surface area contributed by atoms with Crippen molar-refractivity contribution >= 4 is 39.1 Å². The van der Waals surface area contributed by atoms with Gasteiger partial charge in [-0.2, -0.15) is 0 Å². The SMILES string of the molecule is Cc1cc(Br)ccc1OCC(=O)Nc1cccc(C(=O)N(C)c2ccccc2)c1. The third-order valence-electron chi connectivity index (χ3n) is 4.34. The summed E-state index contributed by atoms with van der Waals surface area (Å²) in [6, 6.07) is 21.8. The summed E-state index contributed by atoms with van der Waals surface area (Å²) in [6.07, 6.45) is 0. The highest BCUT2D eigenvalue weighted by atomic mass is 79.9. The Morgan fingerprint density at radius 1 is 1.00 bits per heavy atom. The van der Waals surface area contributed by atoms with Gasteiger partial charge in [0.1, 0.15) is 5.75 Å². The van der Waals surface area contributed by atoms with E-state index < -0.39 is 0 Å². The van der Waals surface area contributed by atoms with Crippen LogP contribution >= 0.6 is 15.9 Å². The lowest BCUT2D eigenvalue weighted by Gasteiger charge is -2.17. The van der Waals surface area contributed by atoms with Crippen LogP contribution in [0, 0.1) is 6.92 Å². The van der Waals surface area contributed by atoms with Gasteiger partial charge in [-0.15, -0.1) is 0 Å². The van der Waals surface area contributed by atoms with Crippen molar-refractivity contribution < 1.29 is 14.3 Å². The van der Waals surface area contributed by atoms with Crippen molar-refractivity contribution in [1.29, 1.82) is 0 Å². The van der Waals surface area contributed by atoms with Gasteiger partial charge < -0.3 is 15.0 Å². The summed E-state index contributed by atoms with van der Waals surface area (Å²) in [4.78, 5) is 26.6. The number of nitrogens with one attached hydrogen (secondary N) is 1. The summed E-state index contributed by atoms with van der Waals surface area (Å²) in [7, 11) is 1.72. The first kappa shape index (κ1) is 20.6. The Balaban J connectivity index is 1.63. The highest BCUT2D eigenvalue weighted by Crippen LogP contribution is 2.22. The monoisotopic (exact) mass is 452 g/mol. The van der Waals surface area contributed by atoms with E-state index in [0.29, 0.717) is 17.0 Å². The number of nitrogens with zero attached hydrogens (tertiary/aromatic N) is 1. The molecule has 0 saturated heterocycles. The number of amides is 2. The van der Waals surface area contributed by atoms with E-state index in [2.05, 4.69) is 21.2 Å². The van der Waals surface area contributed by atoms with E-state index in [1.165, 1.54) is 0 Å². The van der Waals surface area contributed by atoms with E-state index in [1.807, 2.05) is 55.5 Å². The van der Waals surface area contributed by atoms with E-state index in [0.717, 1.165) is 15.7 Å². The molecule has 3 aromatic carbocycles. The molecule has 0 heterocycles. The van der Waals surface area contributed by atoms with Gasteiger partial charge in [-0.1, -0.05) is 40.2 Å². The van der Waals surface area contributed by atoms with Gasteiger partial charge in [0.2, 0.25) is 0 Å². The zero-order valence-corrected chi connectivity index (χ0v) is 17.8. The highest BCUT2D eigenvalue weighted by molar-refractivity contribution is 9.10. The second-order valence-electron chi connectivity index (χ2n) is 6.53. The highest BCUT2D eigenvalue weighted by Gasteiger charge is 2.14. The number of aryl methyl sites for hydroxylation is 1. The van der Waals surface area contributed by atoms with Gasteiger partial charge in [-0.3, -0.25) is 9.59 Å². The number of anilines is 2. The van der Waals surface area contributed by atoms with Crippen molar-refractivity contribution in [3.63, 3.8) is 0 Å². The summed E-state index contributed by atoms with van der Waals surface area (Å²) in [6.45, 7) is 1.79. The molecule has 0 bridgehead atoms. The number of hydrogen-bond donors (Lipinski definition) is 1. The van der Waals surface area contributed by atoms with Crippen molar-refractivity contribution in [3.8, 4) is 5.75 Å². The van der Waals surface area contributed by atoms with Crippen LogP contribution in [0.3, 0.4) is 0 Å². The van der Waals surface area contributed by atoms with Crippen LogP contribution in [0.5, 0.6) is 5.75 Å². The lowest BCUT2D eigenvalue weighted by atomic mass is 10.1. The molecule has 0 aliphatic heterocycles. The Kier molecular flexibility index (Phi) is 6.67. The van der Waals surface area contributed by atoms with Crippen LogP contribution in [-0.4, -0.2) is 25.5 Å². The molecule has 3 aromatic rings. The molecule has 6 heteroatoms. The van der Waals surface area contributed by atoms with Crippen LogP contribution in [0.15, 0.2) is 77.3 Å². The van der Waals surface area contributed by atoms with Gasteiger partial charge in [0.25, 0.3) is 11.8 Å². The fourth-order valence-electron chi connectivity index (χ4n) is 2.81. The first-order valence-corrected chi connectivity index (χ1v) is 9.85. The maximum Gasteiger partial charge on any atom is 0.262 e. The van der Waals surface area contributed by atoms with E-state index in [4.69, 9.17) is 4.74 Å². The van der Waals surface area contributed by atoms with Crippen LogP contribution in [0.1, 0.15) is 15.9 Å². The smallest absolute Gasteiger partial charge is 0.262 e. The molecule has 29 heavy (non-hydrogen) atoms. The summed E-state index contributed by atoms with van der Waals surface area (Å²) in [5.41, 5.74) is 2.76. The molecule has 0 saturated carbocycles. The molecule has 0 aliphatic carbocycles. The third kappa shape index (κ3) is 5.45. The summed E-state index contributed by atoms with van der Waals surface area (Å²) >= 11 is 3.40. The first-order valence-electron chi connectivity index (χ1n) is 9.06. The zero-order chi connectivity index (χ0) is 20.8. The van der Waals surface area contributed by atoms with Crippen LogP contribution < -0.4 is 15.0 Å². The Hall–Kier alpha value is -3.12. The van der Waals surface area contributed by atoms with Gasteiger partial charge in [0.15, 0.2) is 6.61 Å². The van der Waals surface area contributed by atoms with E-state index in [9.17, 15) is 9.59 Å². The second kappa shape index (κ2) is 9.39. The predicted molar refractivity (Wildman–Crippen MR) is 119 cm³/mol. The Labute approximate surface area is 178 Å². The molecule has 0 radical (unpaired) electrons. The molecule has 3 rings (SSSR count). The van der Waals surface area contributed by atoms with Gasteiger partial charge in [-0.05, 0) is 61.0 Å². The number of carbonyl (C=O) groups excluding carboxylic acids is 2. The van der Waals surface area contributed by atoms with Crippen LogP contribution in [0.25, 0.3) is 0 Å². The Bertz CT molecular complexity index is 1020. The molecule has 1 N–H and O–H groups in total.